The van der Waals surface area contributed by atoms with E-state index in [0.29, 0.717) is 35.6 Å². The summed E-state index contributed by atoms with van der Waals surface area (Å²) in [4.78, 5) is 19.7. The number of aliphatic carboxylic acids is 1. The molecule has 4 N–H and O–H groups in total. The fourth-order valence-corrected chi connectivity index (χ4v) is 2.71. The number of aromatic nitrogens is 4. The third-order valence-electron chi connectivity index (χ3n) is 3.99. The molecule has 0 aliphatic rings. The SMILES string of the molecule is Cn1ncc2c(N)nc(NC(CCC(=O)O)Cc3ccccc3)nc21. The highest BCUT2D eigenvalue weighted by Gasteiger charge is 2.15. The molecule has 1 unspecified atom stereocenters. The van der Waals surface area contributed by atoms with Crippen LogP contribution in [0.5, 0.6) is 0 Å². The summed E-state index contributed by atoms with van der Waals surface area (Å²) in [5, 5.41) is 17.0. The number of nitrogens with one attached hydrogen (secondary N) is 1. The summed E-state index contributed by atoms with van der Waals surface area (Å²) in [5.74, 6) is -0.111. The number of nitrogen functional groups attached to an aromatic ring is 1. The second-order valence-corrected chi connectivity index (χ2v) is 5.90. The van der Waals surface area contributed by atoms with Crippen LogP contribution in [0.1, 0.15) is 18.4 Å². The van der Waals surface area contributed by atoms with Crippen LogP contribution < -0.4 is 11.1 Å². The van der Waals surface area contributed by atoms with Crippen LogP contribution in [0.3, 0.4) is 0 Å². The highest BCUT2D eigenvalue weighted by atomic mass is 16.4. The minimum Gasteiger partial charge on any atom is -0.481 e. The van der Waals surface area contributed by atoms with Gasteiger partial charge in [-0.3, -0.25) is 9.48 Å². The van der Waals surface area contributed by atoms with Crippen molar-refractivity contribution in [3.63, 3.8) is 0 Å². The summed E-state index contributed by atoms with van der Waals surface area (Å²) < 4.78 is 1.63. The zero-order valence-corrected chi connectivity index (χ0v) is 13.9. The van der Waals surface area contributed by atoms with E-state index in [0.717, 1.165) is 5.56 Å². The number of nitrogens with two attached hydrogens (primary N) is 1. The molecule has 0 aliphatic heterocycles. The number of benzene rings is 1. The first-order valence-electron chi connectivity index (χ1n) is 8.00. The first kappa shape index (κ1) is 16.7. The van der Waals surface area contributed by atoms with Crippen molar-refractivity contribution in [3.8, 4) is 0 Å². The van der Waals surface area contributed by atoms with Gasteiger partial charge in [-0.25, -0.2) is 0 Å². The molecule has 130 valence electrons. The van der Waals surface area contributed by atoms with Gasteiger partial charge in [0.1, 0.15) is 5.82 Å². The molecule has 0 aliphatic carbocycles. The Kier molecular flexibility index (Phi) is 4.78. The van der Waals surface area contributed by atoms with Gasteiger partial charge < -0.3 is 16.2 Å². The molecule has 1 atom stereocenters. The first-order valence-corrected chi connectivity index (χ1v) is 8.00. The predicted molar refractivity (Wildman–Crippen MR) is 95.1 cm³/mol. The maximum Gasteiger partial charge on any atom is 0.303 e. The Morgan fingerprint density at radius 3 is 2.80 bits per heavy atom. The summed E-state index contributed by atoms with van der Waals surface area (Å²) in [6, 6.07) is 9.76. The van der Waals surface area contributed by atoms with Crippen LogP contribution in [-0.4, -0.2) is 36.9 Å². The van der Waals surface area contributed by atoms with Gasteiger partial charge in [0.2, 0.25) is 5.95 Å². The molecule has 0 saturated carbocycles. The van der Waals surface area contributed by atoms with Crippen LogP contribution in [0.4, 0.5) is 11.8 Å². The van der Waals surface area contributed by atoms with Crippen molar-refractivity contribution in [1.29, 1.82) is 0 Å². The first-order chi connectivity index (χ1) is 12.0. The van der Waals surface area contributed by atoms with Crippen LogP contribution >= 0.6 is 0 Å². The van der Waals surface area contributed by atoms with E-state index in [1.54, 1.807) is 17.9 Å². The molecule has 3 aromatic rings. The van der Waals surface area contributed by atoms with E-state index in [9.17, 15) is 4.79 Å². The summed E-state index contributed by atoms with van der Waals surface area (Å²) >= 11 is 0. The number of nitrogens with zero attached hydrogens (tertiary/aromatic N) is 4. The minimum absolute atomic E-state index is 0.0634. The van der Waals surface area contributed by atoms with Crippen molar-refractivity contribution in [2.45, 2.75) is 25.3 Å². The lowest BCUT2D eigenvalue weighted by Crippen LogP contribution is -2.25. The molecule has 0 amide bonds. The lowest BCUT2D eigenvalue weighted by molar-refractivity contribution is -0.137. The maximum atomic E-state index is 11.0. The standard InChI is InChI=1S/C17H20N6O2/c1-23-16-13(10-19-23)15(18)21-17(22-16)20-12(7-8-14(24)25)9-11-5-3-2-4-6-11/h2-6,10,12H,7-9H2,1H3,(H,24,25)(H3,18,20,21,22). The van der Waals surface area contributed by atoms with Crippen molar-refractivity contribution >= 4 is 28.8 Å². The second kappa shape index (κ2) is 7.16. The van der Waals surface area contributed by atoms with E-state index in [1.165, 1.54) is 0 Å². The Balaban J connectivity index is 1.83. The number of hydrogen-bond donors (Lipinski definition) is 3. The summed E-state index contributed by atoms with van der Waals surface area (Å²) in [5.41, 5.74) is 7.72. The van der Waals surface area contributed by atoms with Crippen LogP contribution in [-0.2, 0) is 18.3 Å². The Hall–Kier alpha value is -3.16. The number of carbonyl (C=O) groups is 1. The average Bonchev–Trinajstić information content (AvgIpc) is 2.95. The van der Waals surface area contributed by atoms with Gasteiger partial charge in [-0.2, -0.15) is 15.1 Å². The van der Waals surface area contributed by atoms with E-state index >= 15 is 0 Å². The van der Waals surface area contributed by atoms with Crippen molar-refractivity contribution < 1.29 is 9.90 Å². The van der Waals surface area contributed by atoms with Crippen molar-refractivity contribution in [1.82, 2.24) is 19.7 Å². The largest absolute Gasteiger partial charge is 0.481 e. The number of aryl methyl sites for hydroxylation is 1. The smallest absolute Gasteiger partial charge is 0.303 e. The second-order valence-electron chi connectivity index (χ2n) is 5.90. The number of anilines is 2. The number of hydrogen-bond acceptors (Lipinski definition) is 6. The van der Waals surface area contributed by atoms with E-state index < -0.39 is 5.97 Å². The molecular formula is C17H20N6O2. The zero-order chi connectivity index (χ0) is 17.8. The van der Waals surface area contributed by atoms with Crippen LogP contribution in [0.15, 0.2) is 36.5 Å². The Bertz CT molecular complexity index is 877. The third-order valence-corrected chi connectivity index (χ3v) is 3.99. The molecule has 3 rings (SSSR count). The van der Waals surface area contributed by atoms with Crippen molar-refractivity contribution in [2.24, 2.45) is 7.05 Å². The van der Waals surface area contributed by atoms with Gasteiger partial charge in [-0.15, -0.1) is 0 Å². The molecule has 8 heteroatoms. The topological polar surface area (TPSA) is 119 Å². The Morgan fingerprint density at radius 1 is 1.32 bits per heavy atom. The highest BCUT2D eigenvalue weighted by molar-refractivity contribution is 5.86. The number of fused-ring (bicyclic) bond motifs is 1. The van der Waals surface area contributed by atoms with E-state index in [2.05, 4.69) is 20.4 Å². The fourth-order valence-electron chi connectivity index (χ4n) is 2.71. The highest BCUT2D eigenvalue weighted by Crippen LogP contribution is 2.20. The molecule has 1 aromatic carbocycles. The normalized spacial score (nSPS) is 12.2. The minimum atomic E-state index is -0.831. The summed E-state index contributed by atoms with van der Waals surface area (Å²) in [6.45, 7) is 0. The van der Waals surface area contributed by atoms with Gasteiger partial charge in [0, 0.05) is 19.5 Å². The summed E-state index contributed by atoms with van der Waals surface area (Å²) in [7, 11) is 1.78. The van der Waals surface area contributed by atoms with Crippen LogP contribution in [0.2, 0.25) is 0 Å². The van der Waals surface area contributed by atoms with E-state index in [1.807, 2.05) is 30.3 Å². The molecule has 0 bridgehead atoms. The Morgan fingerprint density at radius 2 is 2.08 bits per heavy atom. The zero-order valence-electron chi connectivity index (χ0n) is 13.9. The van der Waals surface area contributed by atoms with Gasteiger partial charge in [-0.05, 0) is 18.4 Å². The fraction of sp³-hybridized carbons (Fsp3) is 0.294. The molecule has 0 radical (unpaired) electrons. The van der Waals surface area contributed by atoms with Crippen LogP contribution in [0, 0.1) is 0 Å². The van der Waals surface area contributed by atoms with Crippen molar-refractivity contribution in [3.05, 3.63) is 42.1 Å². The van der Waals surface area contributed by atoms with Gasteiger partial charge in [-0.1, -0.05) is 30.3 Å². The molecule has 0 spiro atoms. The molecule has 8 nitrogen and oxygen atoms in total. The molecule has 2 heterocycles. The number of carboxylic acid groups (broad SMARTS) is 1. The summed E-state index contributed by atoms with van der Waals surface area (Å²) in [6.07, 6.45) is 2.81. The third kappa shape index (κ3) is 4.03. The van der Waals surface area contributed by atoms with Gasteiger partial charge >= 0.3 is 5.97 Å². The monoisotopic (exact) mass is 340 g/mol. The van der Waals surface area contributed by atoms with Crippen LogP contribution in [0.25, 0.3) is 11.0 Å². The quantitative estimate of drug-likeness (QED) is 0.600. The lowest BCUT2D eigenvalue weighted by Gasteiger charge is -2.18. The maximum absolute atomic E-state index is 11.0. The van der Waals surface area contributed by atoms with E-state index in [-0.39, 0.29) is 12.5 Å². The van der Waals surface area contributed by atoms with Gasteiger partial charge in [0.15, 0.2) is 5.65 Å². The number of rotatable bonds is 7. The Labute approximate surface area is 144 Å². The molecule has 0 fully saturated rings. The average molecular weight is 340 g/mol. The molecular weight excluding hydrogens is 320 g/mol. The van der Waals surface area contributed by atoms with E-state index in [4.69, 9.17) is 10.8 Å². The molecule has 25 heavy (non-hydrogen) atoms. The lowest BCUT2D eigenvalue weighted by atomic mass is 10.0. The predicted octanol–water partition coefficient (Wildman–Crippen LogP) is 1.83. The van der Waals surface area contributed by atoms with Gasteiger partial charge in [0.05, 0.1) is 11.6 Å². The molecule has 0 saturated heterocycles. The van der Waals surface area contributed by atoms with Gasteiger partial charge in [0.25, 0.3) is 0 Å². The number of carboxylic acids is 1. The van der Waals surface area contributed by atoms with Crippen molar-refractivity contribution in [2.75, 3.05) is 11.1 Å². The molecule has 2 aromatic heterocycles.